The molecule has 0 radical (unpaired) electrons. The summed E-state index contributed by atoms with van der Waals surface area (Å²) in [6.45, 7) is 0. The van der Waals surface area contributed by atoms with Crippen LogP contribution in [0.5, 0.6) is 0 Å². The fraction of sp³-hybridized carbons (Fsp3) is 0. The number of halogens is 2. The first-order chi connectivity index (χ1) is 8.65. The van der Waals surface area contributed by atoms with Gasteiger partial charge in [0.05, 0.1) is 5.69 Å². The number of hydrogen-bond donors (Lipinski definition) is 2. The molecule has 0 aliphatic heterocycles. The van der Waals surface area contributed by atoms with Crippen LogP contribution in [0.1, 0.15) is 0 Å². The van der Waals surface area contributed by atoms with E-state index in [1.165, 1.54) is 24.4 Å². The zero-order valence-corrected chi connectivity index (χ0v) is 9.91. The van der Waals surface area contributed by atoms with Gasteiger partial charge in [0.2, 0.25) is 0 Å². The number of hydrogen-bond acceptors (Lipinski definition) is 2. The Morgan fingerprint density at radius 1 is 1.22 bits per heavy atom. The molecule has 4 nitrogen and oxygen atoms in total. The summed E-state index contributed by atoms with van der Waals surface area (Å²) >= 11 is 5.67. The van der Waals surface area contributed by atoms with Crippen LogP contribution in [-0.4, -0.2) is 11.0 Å². The van der Waals surface area contributed by atoms with Gasteiger partial charge in [-0.1, -0.05) is 23.7 Å². The van der Waals surface area contributed by atoms with E-state index in [-0.39, 0.29) is 10.8 Å². The Labute approximate surface area is 108 Å². The van der Waals surface area contributed by atoms with Crippen molar-refractivity contribution in [2.24, 2.45) is 0 Å². The van der Waals surface area contributed by atoms with Crippen LogP contribution in [0.2, 0.25) is 5.15 Å². The summed E-state index contributed by atoms with van der Waals surface area (Å²) in [6, 6.07) is 8.41. The molecule has 6 heteroatoms. The third kappa shape index (κ3) is 3.18. The monoisotopic (exact) mass is 265 g/mol. The van der Waals surface area contributed by atoms with Crippen molar-refractivity contribution in [2.45, 2.75) is 0 Å². The van der Waals surface area contributed by atoms with Gasteiger partial charge in [-0.25, -0.2) is 14.2 Å². The summed E-state index contributed by atoms with van der Waals surface area (Å²) in [4.78, 5) is 15.4. The fourth-order valence-corrected chi connectivity index (χ4v) is 1.50. The quantitative estimate of drug-likeness (QED) is 0.817. The highest BCUT2D eigenvalue weighted by atomic mass is 35.5. The highest BCUT2D eigenvalue weighted by Crippen LogP contribution is 2.15. The Bertz CT molecular complexity index is 577. The van der Waals surface area contributed by atoms with E-state index in [2.05, 4.69) is 15.6 Å². The molecule has 0 unspecified atom stereocenters. The molecule has 1 aromatic carbocycles. The first-order valence-electron chi connectivity index (χ1n) is 5.09. The van der Waals surface area contributed by atoms with E-state index >= 15 is 0 Å². The first-order valence-corrected chi connectivity index (χ1v) is 5.47. The molecule has 2 amide bonds. The van der Waals surface area contributed by atoms with Gasteiger partial charge in [0, 0.05) is 11.9 Å². The van der Waals surface area contributed by atoms with Crippen molar-refractivity contribution >= 4 is 29.0 Å². The van der Waals surface area contributed by atoms with Crippen LogP contribution >= 0.6 is 11.6 Å². The molecule has 0 spiro atoms. The normalized spacial score (nSPS) is 9.89. The SMILES string of the molecule is O=C(Nc1ccnc(Cl)c1)Nc1ccccc1F. The number of anilines is 2. The molecule has 0 aliphatic carbocycles. The van der Waals surface area contributed by atoms with Gasteiger partial charge in [0.1, 0.15) is 11.0 Å². The van der Waals surface area contributed by atoms with Gasteiger partial charge >= 0.3 is 6.03 Å². The highest BCUT2D eigenvalue weighted by Gasteiger charge is 2.06. The molecule has 2 rings (SSSR count). The molecule has 0 bridgehead atoms. The van der Waals surface area contributed by atoms with Crippen LogP contribution in [-0.2, 0) is 0 Å². The summed E-state index contributed by atoms with van der Waals surface area (Å²) in [5.74, 6) is -0.500. The number of rotatable bonds is 2. The van der Waals surface area contributed by atoms with Crippen molar-refractivity contribution < 1.29 is 9.18 Å². The summed E-state index contributed by atoms with van der Waals surface area (Å²) in [7, 11) is 0. The van der Waals surface area contributed by atoms with Crippen molar-refractivity contribution in [1.29, 1.82) is 0 Å². The lowest BCUT2D eigenvalue weighted by atomic mass is 10.3. The van der Waals surface area contributed by atoms with Gasteiger partial charge in [0.15, 0.2) is 0 Å². The molecule has 2 N–H and O–H groups in total. The standard InChI is InChI=1S/C12H9ClFN3O/c13-11-7-8(5-6-15-11)16-12(18)17-10-4-2-1-3-9(10)14/h1-7H,(H2,15,16,17,18). The number of urea groups is 1. The number of carbonyl (C=O) groups excluding carboxylic acids is 1. The third-order valence-corrected chi connectivity index (χ3v) is 2.31. The van der Waals surface area contributed by atoms with Crippen molar-refractivity contribution in [1.82, 2.24) is 4.98 Å². The van der Waals surface area contributed by atoms with Crippen LogP contribution in [0.15, 0.2) is 42.6 Å². The van der Waals surface area contributed by atoms with Gasteiger partial charge in [0.25, 0.3) is 0 Å². The molecular weight excluding hydrogens is 257 g/mol. The van der Waals surface area contributed by atoms with Gasteiger partial charge in [-0.15, -0.1) is 0 Å². The molecule has 0 atom stereocenters. The Morgan fingerprint density at radius 3 is 2.72 bits per heavy atom. The number of para-hydroxylation sites is 1. The number of pyridine rings is 1. The zero-order valence-electron chi connectivity index (χ0n) is 9.15. The maximum absolute atomic E-state index is 13.3. The van der Waals surface area contributed by atoms with Crippen LogP contribution in [0, 0.1) is 5.82 Å². The molecule has 18 heavy (non-hydrogen) atoms. The van der Waals surface area contributed by atoms with E-state index in [0.29, 0.717) is 5.69 Å². The maximum atomic E-state index is 13.3. The van der Waals surface area contributed by atoms with E-state index in [0.717, 1.165) is 0 Å². The van der Waals surface area contributed by atoms with E-state index in [9.17, 15) is 9.18 Å². The Kier molecular flexibility index (Phi) is 3.74. The zero-order chi connectivity index (χ0) is 13.0. The van der Waals surface area contributed by atoms with Crippen molar-refractivity contribution in [2.75, 3.05) is 10.6 Å². The second-order valence-corrected chi connectivity index (χ2v) is 3.81. The largest absolute Gasteiger partial charge is 0.323 e. The van der Waals surface area contributed by atoms with Gasteiger partial charge in [-0.2, -0.15) is 0 Å². The summed E-state index contributed by atoms with van der Waals surface area (Å²) in [5.41, 5.74) is 0.582. The molecule has 0 aliphatic rings. The smallest absolute Gasteiger partial charge is 0.308 e. The van der Waals surface area contributed by atoms with Crippen molar-refractivity contribution in [3.63, 3.8) is 0 Å². The Hall–Kier alpha value is -2.14. The lowest BCUT2D eigenvalue weighted by molar-refractivity contribution is 0.262. The van der Waals surface area contributed by atoms with Crippen LogP contribution in [0.4, 0.5) is 20.6 Å². The fourth-order valence-electron chi connectivity index (χ4n) is 1.33. The van der Waals surface area contributed by atoms with Crippen molar-refractivity contribution in [3.05, 3.63) is 53.6 Å². The van der Waals surface area contributed by atoms with Crippen LogP contribution in [0.3, 0.4) is 0 Å². The van der Waals surface area contributed by atoms with E-state index in [1.54, 1.807) is 18.2 Å². The van der Waals surface area contributed by atoms with Gasteiger partial charge in [-0.3, -0.25) is 0 Å². The first kappa shape index (κ1) is 12.3. The minimum Gasteiger partial charge on any atom is -0.308 e. The summed E-state index contributed by atoms with van der Waals surface area (Å²) < 4.78 is 13.3. The van der Waals surface area contributed by atoms with Crippen molar-refractivity contribution in [3.8, 4) is 0 Å². The molecule has 0 saturated heterocycles. The second-order valence-electron chi connectivity index (χ2n) is 3.43. The number of nitrogens with zero attached hydrogens (tertiary/aromatic N) is 1. The number of nitrogens with one attached hydrogen (secondary N) is 2. The summed E-state index contributed by atoms with van der Waals surface area (Å²) in [6.07, 6.45) is 1.46. The van der Waals surface area contributed by atoms with Gasteiger partial charge in [-0.05, 0) is 24.3 Å². The molecule has 2 aromatic rings. The molecule has 1 heterocycles. The topological polar surface area (TPSA) is 54.0 Å². The van der Waals surface area contributed by atoms with E-state index in [1.807, 2.05) is 0 Å². The third-order valence-electron chi connectivity index (χ3n) is 2.11. The Morgan fingerprint density at radius 2 is 2.00 bits per heavy atom. The minimum atomic E-state index is -0.553. The molecule has 0 fully saturated rings. The number of benzene rings is 1. The lowest BCUT2D eigenvalue weighted by Crippen LogP contribution is -2.20. The average molecular weight is 266 g/mol. The molecule has 0 saturated carbocycles. The minimum absolute atomic E-state index is 0.107. The van der Waals surface area contributed by atoms with Gasteiger partial charge < -0.3 is 10.6 Å². The lowest BCUT2D eigenvalue weighted by Gasteiger charge is -2.08. The highest BCUT2D eigenvalue weighted by molar-refractivity contribution is 6.29. The van der Waals surface area contributed by atoms with Crippen LogP contribution < -0.4 is 10.6 Å². The Balaban J connectivity index is 2.03. The molecular formula is C12H9ClFN3O. The van der Waals surface area contributed by atoms with E-state index in [4.69, 9.17) is 11.6 Å². The summed E-state index contributed by atoms with van der Waals surface area (Å²) in [5, 5.41) is 5.17. The molecule has 1 aromatic heterocycles. The predicted octanol–water partition coefficient (Wildman–Crippen LogP) is 3.52. The number of aromatic nitrogens is 1. The predicted molar refractivity (Wildman–Crippen MR) is 68.3 cm³/mol. The maximum Gasteiger partial charge on any atom is 0.323 e. The van der Waals surface area contributed by atoms with E-state index < -0.39 is 11.8 Å². The number of amides is 2. The number of carbonyl (C=O) groups is 1. The second kappa shape index (κ2) is 5.46. The van der Waals surface area contributed by atoms with Crippen LogP contribution in [0.25, 0.3) is 0 Å². The molecule has 92 valence electrons. The average Bonchev–Trinajstić information content (AvgIpc) is 2.32.